The molecule has 0 aliphatic heterocycles. The van der Waals surface area contributed by atoms with E-state index in [0.29, 0.717) is 4.88 Å². The Kier molecular flexibility index (Phi) is 27.0. The Balaban J connectivity index is 0.000000245. The van der Waals surface area contributed by atoms with Crippen LogP contribution in [0.1, 0.15) is 133 Å². The van der Waals surface area contributed by atoms with E-state index in [1.165, 1.54) is 45.2 Å². The molecule has 0 fully saturated rings. The van der Waals surface area contributed by atoms with E-state index in [1.807, 2.05) is 73.6 Å². The number of halogens is 4. The van der Waals surface area contributed by atoms with E-state index in [4.69, 9.17) is 0 Å². The fourth-order valence-corrected chi connectivity index (χ4v) is 10.9. The number of aliphatic hydroxyl groups excluding tert-OH is 2. The van der Waals surface area contributed by atoms with Crippen LogP contribution >= 0.6 is 11.3 Å². The molecule has 0 unspecified atom stereocenters. The first kappa shape index (κ1) is 69.4. The van der Waals surface area contributed by atoms with Crippen molar-refractivity contribution in [3.8, 4) is 21.8 Å². The maximum absolute atomic E-state index is 14.2. The molecule has 2 radical (unpaired) electrons. The molecule has 8 nitrogen and oxygen atoms in total. The molecule has 15 heteroatoms. The van der Waals surface area contributed by atoms with Crippen molar-refractivity contribution >= 4 is 76.3 Å². The predicted molar refractivity (Wildman–Crippen MR) is 324 cm³/mol. The Morgan fingerprint density at radius 2 is 1.01 bits per heavy atom. The first-order valence-corrected chi connectivity index (χ1v) is 29.0. The van der Waals surface area contributed by atoms with E-state index >= 15 is 0 Å². The average Bonchev–Trinajstić information content (AvgIpc) is 4.05. The molecule has 0 aliphatic carbocycles. The topological polar surface area (TPSA) is 126 Å². The van der Waals surface area contributed by atoms with Crippen molar-refractivity contribution in [1.82, 2.24) is 19.9 Å². The number of ketones is 2. The summed E-state index contributed by atoms with van der Waals surface area (Å²) < 4.78 is 55.8. The van der Waals surface area contributed by atoms with Crippen LogP contribution in [0.5, 0.6) is 0 Å². The Hall–Kier alpha value is -6.08. The number of benzene rings is 6. The fourth-order valence-electron chi connectivity index (χ4n) is 9.86. The molecule has 444 valence electrons. The summed E-state index contributed by atoms with van der Waals surface area (Å²) in [5.74, 6) is -5.73. The van der Waals surface area contributed by atoms with Gasteiger partial charge in [-0.05, 0) is 88.6 Å². The van der Waals surface area contributed by atoms with Crippen LogP contribution in [0.4, 0.5) is 17.6 Å². The van der Waals surface area contributed by atoms with E-state index < -0.39 is 34.2 Å². The zero-order chi connectivity index (χ0) is 59.1. The van der Waals surface area contributed by atoms with Crippen molar-refractivity contribution in [1.29, 1.82) is 0 Å². The fraction of sp³-hybridized carbons (Fsp3) is 0.353. The van der Waals surface area contributed by atoms with E-state index in [-0.39, 0.29) is 98.1 Å². The van der Waals surface area contributed by atoms with Gasteiger partial charge in [0, 0.05) is 92.8 Å². The van der Waals surface area contributed by atoms with Crippen LogP contribution in [0, 0.1) is 59.1 Å². The first-order chi connectivity index (χ1) is 38.8. The number of rotatable bonds is 16. The second-order valence-electron chi connectivity index (χ2n) is 21.1. The van der Waals surface area contributed by atoms with Gasteiger partial charge in [-0.3, -0.25) is 19.6 Å². The van der Waals surface area contributed by atoms with Gasteiger partial charge in [0.2, 0.25) is 0 Å². The number of carbonyl (C=O) groups is 2. The predicted octanol–water partition coefficient (Wildman–Crippen LogP) is 19.3. The van der Waals surface area contributed by atoms with E-state index in [2.05, 4.69) is 120 Å². The Labute approximate surface area is 517 Å². The molecule has 0 atom stereocenters. The smallest absolute Gasteiger partial charge is 0.199 e. The van der Waals surface area contributed by atoms with Gasteiger partial charge in [-0.15, -0.1) is 52.7 Å². The summed E-state index contributed by atoms with van der Waals surface area (Å²) in [6.07, 6.45) is 12.5. The summed E-state index contributed by atoms with van der Waals surface area (Å²) in [5.41, 5.74) is 3.63. The minimum Gasteiger partial charge on any atom is -0.512 e. The number of fused-ring (bicyclic) bond motifs is 5. The monoisotopic (exact) mass is 1500 g/mol. The molecule has 83 heavy (non-hydrogen) atoms. The van der Waals surface area contributed by atoms with Crippen LogP contribution in [-0.2, 0) is 55.2 Å². The van der Waals surface area contributed by atoms with Gasteiger partial charge in [-0.2, -0.15) is 0 Å². The molecule has 9 rings (SSSR count). The van der Waals surface area contributed by atoms with E-state index in [1.54, 1.807) is 12.4 Å². The number of allylic oxidation sites excluding steroid dienone is 4. The van der Waals surface area contributed by atoms with Crippen molar-refractivity contribution in [3.63, 3.8) is 0 Å². The van der Waals surface area contributed by atoms with Gasteiger partial charge in [-0.25, -0.2) is 38.9 Å². The van der Waals surface area contributed by atoms with Gasteiger partial charge >= 0.3 is 0 Å². The van der Waals surface area contributed by atoms with Crippen LogP contribution in [0.15, 0.2) is 127 Å². The van der Waals surface area contributed by atoms with Crippen molar-refractivity contribution in [2.45, 2.75) is 133 Å². The van der Waals surface area contributed by atoms with Crippen molar-refractivity contribution in [2.75, 3.05) is 0 Å². The SMILES string of the molecule is CC(C)(C)c1cc(-c2ncnc3cc4ccccc4cc23)[c-]c2ccccc12.CCC(CC)C(=O)C=C(O)C(CC)CC.CCC(CC)C(=O)C=C(O)C(CC)CC.Fc1c(F)c(F)c2c(-c3[c-]c4ccccc4s3)ncnc2c1F.[Ir].[Ir]. The van der Waals surface area contributed by atoms with Gasteiger partial charge in [0.1, 0.15) is 18.2 Å². The molecule has 2 N–H and O–H groups in total. The third-order valence-corrected chi connectivity index (χ3v) is 16.0. The Bertz CT molecular complexity index is 3620. The summed E-state index contributed by atoms with van der Waals surface area (Å²) >= 11 is 1.24. The minimum atomic E-state index is -1.89. The third kappa shape index (κ3) is 16.8. The zero-order valence-corrected chi connectivity index (χ0v) is 54.6. The first-order valence-electron chi connectivity index (χ1n) is 28.1. The van der Waals surface area contributed by atoms with Crippen molar-refractivity contribution in [3.05, 3.63) is 168 Å². The van der Waals surface area contributed by atoms with Crippen LogP contribution in [0.2, 0.25) is 0 Å². The number of thiophene rings is 1. The summed E-state index contributed by atoms with van der Waals surface area (Å²) in [6.45, 7) is 22.9. The molecule has 3 heterocycles. The summed E-state index contributed by atoms with van der Waals surface area (Å²) in [5, 5.41) is 25.6. The second kappa shape index (κ2) is 32.3. The van der Waals surface area contributed by atoms with Crippen LogP contribution in [0.3, 0.4) is 0 Å². The van der Waals surface area contributed by atoms with Crippen LogP contribution in [-0.4, -0.2) is 41.7 Å². The third-order valence-electron chi connectivity index (χ3n) is 14.9. The Morgan fingerprint density at radius 1 is 0.542 bits per heavy atom. The molecular weight excluding hydrogens is 1430 g/mol. The van der Waals surface area contributed by atoms with E-state index in [0.717, 1.165) is 95.3 Å². The molecule has 9 aromatic rings. The molecule has 0 aliphatic rings. The van der Waals surface area contributed by atoms with Gasteiger partial charge in [0.05, 0.1) is 17.0 Å². The van der Waals surface area contributed by atoms with Gasteiger partial charge < -0.3 is 10.2 Å². The zero-order valence-electron chi connectivity index (χ0n) is 49.0. The van der Waals surface area contributed by atoms with Gasteiger partial charge in [-0.1, -0.05) is 148 Å². The summed E-state index contributed by atoms with van der Waals surface area (Å²) in [4.78, 5) is 40.5. The second-order valence-corrected chi connectivity index (χ2v) is 22.1. The minimum absolute atomic E-state index is 0. The number of hydrogen-bond donors (Lipinski definition) is 2. The molecular formula is C68H74F4Ir2N4O4S-2. The number of aromatic nitrogens is 4. The van der Waals surface area contributed by atoms with Gasteiger partial charge in [0.25, 0.3) is 0 Å². The van der Waals surface area contributed by atoms with Crippen molar-refractivity contribution < 1.29 is 77.6 Å². The summed E-state index contributed by atoms with van der Waals surface area (Å²) in [7, 11) is 0. The van der Waals surface area contributed by atoms with Gasteiger partial charge in [0.15, 0.2) is 34.8 Å². The van der Waals surface area contributed by atoms with Crippen LogP contribution in [0.25, 0.3) is 75.3 Å². The largest absolute Gasteiger partial charge is 0.512 e. The molecule has 3 aromatic heterocycles. The maximum Gasteiger partial charge on any atom is 0.199 e. The normalized spacial score (nSPS) is 11.8. The number of nitrogens with zero attached hydrogens (tertiary/aromatic N) is 4. The molecule has 0 bridgehead atoms. The number of hydrogen-bond acceptors (Lipinski definition) is 9. The van der Waals surface area contributed by atoms with E-state index in [9.17, 15) is 37.4 Å². The molecule has 0 amide bonds. The average molecular weight is 1500 g/mol. The standard InChI is InChI=1S/C26H21N2.C16H5F4N2S.2C13H24O2.2Ir/c1-26(2,3)23-14-20(12-19-10-6-7-11-21(19)23)25-22-13-17-8-4-5-9-18(17)15-24(22)27-16-28-25;17-11-10-15(9-5-7-3-1-2-4-8(7)23-9)21-6-22-16(10)14(20)13(19)12(11)18;2*1-5-10(6-2)12(14)9-13(15)11(7-3)8-4;;/h4-11,13-16H,1-3H3;1-4,6H;2*9-11,14H,5-8H2,1-4H3;;/q2*-1;;;;. The maximum atomic E-state index is 14.2. The van der Waals surface area contributed by atoms with Crippen molar-refractivity contribution in [2.24, 2.45) is 23.7 Å². The van der Waals surface area contributed by atoms with Crippen LogP contribution < -0.4 is 0 Å². The molecule has 0 saturated heterocycles. The Morgan fingerprint density at radius 3 is 1.54 bits per heavy atom. The number of carbonyl (C=O) groups excluding carboxylic acids is 2. The molecule has 6 aromatic carbocycles. The molecule has 0 saturated carbocycles. The molecule has 0 spiro atoms. The summed E-state index contributed by atoms with van der Waals surface area (Å²) in [6, 6.07) is 37.3. The quantitative estimate of drug-likeness (QED) is 0.0186. The number of aliphatic hydroxyl groups is 2.